The minimum atomic E-state index is -0.464. The molecule has 0 bridgehead atoms. The molecule has 3 N–H and O–H groups in total. The summed E-state index contributed by atoms with van der Waals surface area (Å²) in [6, 6.07) is 11.1. The van der Waals surface area contributed by atoms with Crippen LogP contribution in [0.4, 0.5) is 14.5 Å². The molecular weight excluding hydrogens is 278 g/mol. The van der Waals surface area contributed by atoms with Crippen LogP contribution in [-0.4, -0.2) is 11.5 Å². The summed E-state index contributed by atoms with van der Waals surface area (Å²) in [5, 5.41) is 3.04. The van der Waals surface area contributed by atoms with Crippen molar-refractivity contribution in [1.82, 2.24) is 0 Å². The highest BCUT2D eigenvalue weighted by Gasteiger charge is 2.06. The van der Waals surface area contributed by atoms with Crippen molar-refractivity contribution in [2.24, 2.45) is 5.73 Å². The number of hydrogen-bond acceptors (Lipinski definition) is 2. The number of benzene rings is 2. The van der Waals surface area contributed by atoms with Crippen molar-refractivity contribution in [3.8, 4) is 0 Å². The number of nitrogens with two attached hydrogens (primary N) is 1. The van der Waals surface area contributed by atoms with Crippen molar-refractivity contribution in [1.29, 1.82) is 0 Å². The fourth-order valence-electron chi connectivity index (χ4n) is 1.87. The Bertz CT molecular complexity index is 629. The normalized spacial score (nSPS) is 10.3. The quantitative estimate of drug-likeness (QED) is 0.831. The van der Waals surface area contributed by atoms with Crippen LogP contribution >= 0.6 is 12.2 Å². The van der Waals surface area contributed by atoms with Crippen LogP contribution in [0.3, 0.4) is 0 Å². The maximum absolute atomic E-state index is 13.6. The molecule has 0 fully saturated rings. The molecule has 0 amide bonds. The highest BCUT2D eigenvalue weighted by Crippen LogP contribution is 2.15. The van der Waals surface area contributed by atoms with Gasteiger partial charge in [0, 0.05) is 17.8 Å². The summed E-state index contributed by atoms with van der Waals surface area (Å²) >= 11 is 4.73. The van der Waals surface area contributed by atoms with Gasteiger partial charge in [0.15, 0.2) is 0 Å². The number of anilines is 1. The summed E-state index contributed by atoms with van der Waals surface area (Å²) < 4.78 is 27.1. The van der Waals surface area contributed by atoms with Crippen molar-refractivity contribution in [2.75, 3.05) is 11.9 Å². The molecule has 0 atom stereocenters. The van der Waals surface area contributed by atoms with Crippen molar-refractivity contribution < 1.29 is 8.78 Å². The highest BCUT2D eigenvalue weighted by atomic mass is 32.1. The van der Waals surface area contributed by atoms with Crippen LogP contribution in [0.15, 0.2) is 42.5 Å². The molecule has 0 radical (unpaired) electrons. The predicted molar refractivity (Wildman–Crippen MR) is 80.9 cm³/mol. The van der Waals surface area contributed by atoms with Gasteiger partial charge in [-0.3, -0.25) is 0 Å². The van der Waals surface area contributed by atoms with Gasteiger partial charge in [-0.05, 0) is 36.2 Å². The van der Waals surface area contributed by atoms with Crippen molar-refractivity contribution >= 4 is 22.9 Å². The molecule has 2 rings (SSSR count). The summed E-state index contributed by atoms with van der Waals surface area (Å²) in [4.78, 5) is 0.0282. The monoisotopic (exact) mass is 292 g/mol. The number of nitrogens with one attached hydrogen (secondary N) is 1. The minimum Gasteiger partial charge on any atom is -0.389 e. The average molecular weight is 292 g/mol. The maximum atomic E-state index is 13.6. The zero-order valence-corrected chi connectivity index (χ0v) is 11.5. The third-order valence-corrected chi connectivity index (χ3v) is 3.14. The lowest BCUT2D eigenvalue weighted by Crippen LogP contribution is -2.12. The zero-order chi connectivity index (χ0) is 14.5. The summed E-state index contributed by atoms with van der Waals surface area (Å²) in [6.45, 7) is 0.507. The fraction of sp³-hybridized carbons (Fsp3) is 0.133. The maximum Gasteiger partial charge on any atom is 0.135 e. The van der Waals surface area contributed by atoms with Crippen LogP contribution in [0, 0.1) is 11.6 Å². The van der Waals surface area contributed by atoms with Gasteiger partial charge in [0.25, 0.3) is 0 Å². The van der Waals surface area contributed by atoms with Gasteiger partial charge in [-0.2, -0.15) is 0 Å². The predicted octanol–water partition coefficient (Wildman–Crippen LogP) is 3.25. The van der Waals surface area contributed by atoms with Gasteiger partial charge in [-0.25, -0.2) is 8.78 Å². The van der Waals surface area contributed by atoms with Crippen molar-refractivity contribution in [3.05, 3.63) is 65.2 Å². The van der Waals surface area contributed by atoms with E-state index in [1.807, 2.05) is 0 Å². The Hall–Kier alpha value is -2.01. The molecule has 0 saturated heterocycles. The Labute approximate surface area is 121 Å². The second kappa shape index (κ2) is 6.43. The summed E-state index contributed by atoms with van der Waals surface area (Å²) in [5.41, 5.74) is 6.84. The first kappa shape index (κ1) is 14.4. The second-order valence-corrected chi connectivity index (χ2v) is 4.77. The lowest BCUT2D eigenvalue weighted by atomic mass is 10.1. The summed E-state index contributed by atoms with van der Waals surface area (Å²) in [5.74, 6) is -0.697. The number of halogens is 2. The molecule has 20 heavy (non-hydrogen) atoms. The molecule has 0 unspecified atom stereocenters. The minimum absolute atomic E-state index is 0.0282. The summed E-state index contributed by atoms with van der Waals surface area (Å²) in [6.07, 6.45) is 0.519. The second-order valence-electron chi connectivity index (χ2n) is 4.33. The lowest BCUT2D eigenvalue weighted by Gasteiger charge is -2.09. The van der Waals surface area contributed by atoms with E-state index in [1.165, 1.54) is 18.2 Å². The molecule has 2 nitrogen and oxygen atoms in total. The van der Waals surface area contributed by atoms with Crippen LogP contribution in [0.5, 0.6) is 0 Å². The van der Waals surface area contributed by atoms with Gasteiger partial charge >= 0.3 is 0 Å². The first-order valence-electron chi connectivity index (χ1n) is 6.14. The van der Waals surface area contributed by atoms with Crippen molar-refractivity contribution in [2.45, 2.75) is 6.42 Å². The Morgan fingerprint density at radius 1 is 1.10 bits per heavy atom. The first-order valence-corrected chi connectivity index (χ1v) is 6.55. The molecule has 0 aliphatic heterocycles. The van der Waals surface area contributed by atoms with E-state index in [9.17, 15) is 8.78 Å². The van der Waals surface area contributed by atoms with Gasteiger partial charge in [-0.15, -0.1) is 0 Å². The first-order chi connectivity index (χ1) is 9.58. The molecule has 0 aliphatic carbocycles. The van der Waals surface area contributed by atoms with E-state index >= 15 is 0 Å². The van der Waals surface area contributed by atoms with Crippen LogP contribution < -0.4 is 11.1 Å². The lowest BCUT2D eigenvalue weighted by molar-refractivity contribution is 0.610. The SMILES string of the molecule is NC(=S)c1ccc(NCCc2ccccc2F)cc1F. The molecule has 0 saturated carbocycles. The number of rotatable bonds is 5. The van der Waals surface area contributed by atoms with E-state index in [1.54, 1.807) is 24.3 Å². The standard InChI is InChI=1S/C15H14F2N2S/c16-13-4-2-1-3-10(13)7-8-19-11-5-6-12(15(18)20)14(17)9-11/h1-6,9,19H,7-8H2,(H2,18,20). The topological polar surface area (TPSA) is 38.0 Å². The van der Waals surface area contributed by atoms with Crippen LogP contribution in [0.2, 0.25) is 0 Å². The van der Waals surface area contributed by atoms with Crippen LogP contribution in [-0.2, 0) is 6.42 Å². The molecule has 2 aromatic rings. The molecule has 104 valence electrons. The van der Waals surface area contributed by atoms with Gasteiger partial charge in [0.1, 0.15) is 16.6 Å². The molecule has 0 spiro atoms. The smallest absolute Gasteiger partial charge is 0.135 e. The number of hydrogen-bond donors (Lipinski definition) is 2. The molecule has 0 aliphatic rings. The summed E-state index contributed by atoms with van der Waals surface area (Å²) in [7, 11) is 0. The molecule has 2 aromatic carbocycles. The third-order valence-electron chi connectivity index (χ3n) is 2.92. The van der Waals surface area contributed by atoms with Crippen LogP contribution in [0.1, 0.15) is 11.1 Å². The number of thiocarbonyl (C=S) groups is 1. The van der Waals surface area contributed by atoms with E-state index in [0.29, 0.717) is 24.2 Å². The van der Waals surface area contributed by atoms with E-state index in [0.717, 1.165) is 0 Å². The van der Waals surface area contributed by atoms with Crippen LogP contribution in [0.25, 0.3) is 0 Å². The highest BCUT2D eigenvalue weighted by molar-refractivity contribution is 7.80. The largest absolute Gasteiger partial charge is 0.389 e. The Morgan fingerprint density at radius 3 is 2.50 bits per heavy atom. The average Bonchev–Trinajstić information content (AvgIpc) is 2.40. The van der Waals surface area contributed by atoms with E-state index in [-0.39, 0.29) is 16.4 Å². The fourth-order valence-corrected chi connectivity index (χ4v) is 2.03. The van der Waals surface area contributed by atoms with Gasteiger partial charge in [0.2, 0.25) is 0 Å². The molecule has 0 aromatic heterocycles. The Balaban J connectivity index is 1.97. The van der Waals surface area contributed by atoms with Gasteiger partial charge in [-0.1, -0.05) is 30.4 Å². The van der Waals surface area contributed by atoms with Gasteiger partial charge < -0.3 is 11.1 Å². The Kier molecular flexibility index (Phi) is 4.63. The molecular formula is C15H14F2N2S. The van der Waals surface area contributed by atoms with E-state index in [4.69, 9.17) is 18.0 Å². The van der Waals surface area contributed by atoms with E-state index < -0.39 is 5.82 Å². The molecule has 5 heteroatoms. The zero-order valence-electron chi connectivity index (χ0n) is 10.7. The van der Waals surface area contributed by atoms with Gasteiger partial charge in [0.05, 0.1) is 0 Å². The van der Waals surface area contributed by atoms with Crippen molar-refractivity contribution in [3.63, 3.8) is 0 Å². The van der Waals surface area contributed by atoms with E-state index in [2.05, 4.69) is 5.32 Å². The molecule has 0 heterocycles. The third kappa shape index (κ3) is 3.51. The Morgan fingerprint density at radius 2 is 1.85 bits per heavy atom.